The number of ether oxygens (including phenoxy) is 1. The molecule has 1 fully saturated rings. The first-order valence-corrected chi connectivity index (χ1v) is 8.05. The summed E-state index contributed by atoms with van der Waals surface area (Å²) >= 11 is 0. The van der Waals surface area contributed by atoms with E-state index >= 15 is 0 Å². The van der Waals surface area contributed by atoms with Crippen LogP contribution < -0.4 is 10.2 Å². The Morgan fingerprint density at radius 2 is 2.04 bits per heavy atom. The van der Waals surface area contributed by atoms with Gasteiger partial charge in [0.15, 0.2) is 0 Å². The first-order chi connectivity index (χ1) is 11.1. The Morgan fingerprint density at radius 3 is 2.74 bits per heavy atom. The van der Waals surface area contributed by atoms with Gasteiger partial charge in [0.1, 0.15) is 6.04 Å². The van der Waals surface area contributed by atoms with Crippen LogP contribution in [0, 0.1) is 6.92 Å². The van der Waals surface area contributed by atoms with Gasteiger partial charge in [0, 0.05) is 44.4 Å². The van der Waals surface area contributed by atoms with Crippen LogP contribution in [0.3, 0.4) is 0 Å². The highest BCUT2D eigenvalue weighted by molar-refractivity contribution is 6.06. The lowest BCUT2D eigenvalue weighted by Crippen LogP contribution is -2.43. The van der Waals surface area contributed by atoms with Crippen molar-refractivity contribution < 1.29 is 14.3 Å². The van der Waals surface area contributed by atoms with Crippen molar-refractivity contribution in [2.45, 2.75) is 19.9 Å². The largest absolute Gasteiger partial charge is 0.379 e. The third-order valence-electron chi connectivity index (χ3n) is 4.39. The van der Waals surface area contributed by atoms with Crippen molar-refractivity contribution in [3.8, 4) is 0 Å². The topological polar surface area (TPSA) is 61.9 Å². The number of morpholine rings is 1. The molecule has 124 valence electrons. The summed E-state index contributed by atoms with van der Waals surface area (Å²) < 4.78 is 5.35. The smallest absolute Gasteiger partial charge is 0.254 e. The third kappa shape index (κ3) is 3.38. The van der Waals surface area contributed by atoms with Crippen LogP contribution in [0.1, 0.15) is 24.1 Å². The van der Waals surface area contributed by atoms with Gasteiger partial charge in [-0.1, -0.05) is 17.7 Å². The number of nitrogens with zero attached hydrogens (tertiary/aromatic N) is 2. The van der Waals surface area contributed by atoms with E-state index in [0.717, 1.165) is 49.7 Å². The van der Waals surface area contributed by atoms with E-state index in [4.69, 9.17) is 4.74 Å². The van der Waals surface area contributed by atoms with Gasteiger partial charge in [-0.25, -0.2) is 0 Å². The molecule has 1 N–H and O–H groups in total. The van der Waals surface area contributed by atoms with Crippen molar-refractivity contribution >= 4 is 17.5 Å². The second-order valence-electron chi connectivity index (χ2n) is 6.14. The summed E-state index contributed by atoms with van der Waals surface area (Å²) in [5.41, 5.74) is 2.89. The van der Waals surface area contributed by atoms with Crippen LogP contribution in [0.2, 0.25) is 0 Å². The van der Waals surface area contributed by atoms with Crippen molar-refractivity contribution in [2.24, 2.45) is 0 Å². The number of fused-ring (bicyclic) bond motifs is 1. The molecular weight excluding hydrogens is 294 g/mol. The molecule has 6 heteroatoms. The summed E-state index contributed by atoms with van der Waals surface area (Å²) in [4.78, 5) is 28.3. The van der Waals surface area contributed by atoms with Gasteiger partial charge in [-0.3, -0.25) is 14.5 Å². The summed E-state index contributed by atoms with van der Waals surface area (Å²) in [5, 5.41) is 2.78. The first-order valence-electron chi connectivity index (χ1n) is 8.05. The maximum absolute atomic E-state index is 12.7. The molecule has 0 saturated carbocycles. The number of hydrogen-bond donors (Lipinski definition) is 1. The minimum Gasteiger partial charge on any atom is -0.379 e. The highest BCUT2D eigenvalue weighted by Crippen LogP contribution is 2.36. The lowest BCUT2D eigenvalue weighted by Gasteiger charge is -2.28. The molecule has 0 unspecified atom stereocenters. The predicted octanol–water partition coefficient (Wildman–Crippen LogP) is 0.851. The van der Waals surface area contributed by atoms with Crippen molar-refractivity contribution in [3.05, 3.63) is 29.3 Å². The molecule has 0 radical (unpaired) electrons. The van der Waals surface area contributed by atoms with E-state index in [1.165, 1.54) is 6.92 Å². The second-order valence-corrected chi connectivity index (χ2v) is 6.14. The molecule has 0 aliphatic carbocycles. The summed E-state index contributed by atoms with van der Waals surface area (Å²) in [6, 6.07) is 5.41. The molecule has 23 heavy (non-hydrogen) atoms. The quantitative estimate of drug-likeness (QED) is 0.894. The van der Waals surface area contributed by atoms with Crippen molar-refractivity contribution in [2.75, 3.05) is 44.3 Å². The zero-order valence-corrected chi connectivity index (χ0v) is 13.7. The average Bonchev–Trinajstić information content (AvgIpc) is 2.78. The maximum atomic E-state index is 12.7. The third-order valence-corrected chi connectivity index (χ3v) is 4.39. The number of benzene rings is 1. The van der Waals surface area contributed by atoms with Crippen molar-refractivity contribution in [3.63, 3.8) is 0 Å². The molecule has 1 saturated heterocycles. The zero-order valence-electron chi connectivity index (χ0n) is 13.7. The van der Waals surface area contributed by atoms with Gasteiger partial charge in [-0.2, -0.15) is 0 Å². The van der Waals surface area contributed by atoms with Gasteiger partial charge in [0.05, 0.1) is 13.2 Å². The molecule has 2 amide bonds. The van der Waals surface area contributed by atoms with Gasteiger partial charge >= 0.3 is 0 Å². The van der Waals surface area contributed by atoms with E-state index in [2.05, 4.69) is 10.2 Å². The van der Waals surface area contributed by atoms with Gasteiger partial charge in [-0.15, -0.1) is 0 Å². The molecule has 1 aromatic carbocycles. The number of rotatable bonds is 4. The van der Waals surface area contributed by atoms with E-state index in [9.17, 15) is 9.59 Å². The fraction of sp³-hybridized carbons (Fsp3) is 0.529. The number of anilines is 1. The first kappa shape index (κ1) is 16.0. The second kappa shape index (κ2) is 6.68. The lowest BCUT2D eigenvalue weighted by atomic mass is 10.1. The molecule has 2 aliphatic rings. The van der Waals surface area contributed by atoms with E-state index < -0.39 is 6.04 Å². The summed E-state index contributed by atoms with van der Waals surface area (Å²) in [5.74, 6) is -0.236. The summed E-state index contributed by atoms with van der Waals surface area (Å²) in [6.45, 7) is 8.18. The van der Waals surface area contributed by atoms with E-state index in [-0.39, 0.29) is 11.8 Å². The normalized spacial score (nSPS) is 21.4. The molecule has 0 spiro atoms. The highest BCUT2D eigenvalue weighted by atomic mass is 16.5. The monoisotopic (exact) mass is 317 g/mol. The van der Waals surface area contributed by atoms with Crippen LogP contribution in [0.15, 0.2) is 18.2 Å². The Bertz CT molecular complexity index is 611. The van der Waals surface area contributed by atoms with Crippen LogP contribution in [-0.4, -0.2) is 56.1 Å². The molecule has 2 heterocycles. The number of carbonyl (C=O) groups is 2. The molecule has 0 bridgehead atoms. The standard InChI is InChI=1S/C17H23N3O3/c1-12-3-4-15-14(11-12)16(18-13(2)21)17(22)20(15)6-5-19-7-9-23-10-8-19/h3-4,11,16H,5-10H2,1-2H3,(H,18,21)/t16-/m0/s1. The van der Waals surface area contributed by atoms with Gasteiger partial charge in [-0.05, 0) is 13.0 Å². The number of amides is 2. The summed E-state index contributed by atoms with van der Waals surface area (Å²) in [7, 11) is 0. The van der Waals surface area contributed by atoms with E-state index in [0.29, 0.717) is 6.54 Å². The van der Waals surface area contributed by atoms with Crippen molar-refractivity contribution in [1.29, 1.82) is 0 Å². The molecule has 1 atom stereocenters. The highest BCUT2D eigenvalue weighted by Gasteiger charge is 2.37. The molecular formula is C17H23N3O3. The zero-order chi connectivity index (χ0) is 16.4. The maximum Gasteiger partial charge on any atom is 0.254 e. The fourth-order valence-corrected chi connectivity index (χ4v) is 3.20. The number of nitrogens with one attached hydrogen (secondary N) is 1. The van der Waals surface area contributed by atoms with E-state index in [1.54, 1.807) is 4.90 Å². The van der Waals surface area contributed by atoms with Crippen LogP contribution in [0.5, 0.6) is 0 Å². The Hall–Kier alpha value is -1.92. The number of aryl methyl sites for hydroxylation is 1. The number of hydrogen-bond acceptors (Lipinski definition) is 4. The van der Waals surface area contributed by atoms with E-state index in [1.807, 2.05) is 25.1 Å². The van der Waals surface area contributed by atoms with Crippen molar-refractivity contribution in [1.82, 2.24) is 10.2 Å². The Kier molecular flexibility index (Phi) is 4.63. The Balaban J connectivity index is 1.77. The SMILES string of the molecule is CC(=O)N[C@@H]1C(=O)N(CCN2CCOCC2)c2ccc(C)cc21. The van der Waals surface area contributed by atoms with Crippen LogP contribution in [-0.2, 0) is 14.3 Å². The van der Waals surface area contributed by atoms with Crippen LogP contribution >= 0.6 is 0 Å². The molecule has 2 aliphatic heterocycles. The average molecular weight is 317 g/mol. The fourth-order valence-electron chi connectivity index (χ4n) is 3.20. The molecule has 1 aromatic rings. The van der Waals surface area contributed by atoms with Gasteiger partial charge in [0.2, 0.25) is 5.91 Å². The Morgan fingerprint density at radius 1 is 1.30 bits per heavy atom. The molecule has 6 nitrogen and oxygen atoms in total. The van der Waals surface area contributed by atoms with Gasteiger partial charge < -0.3 is 15.0 Å². The lowest BCUT2D eigenvalue weighted by molar-refractivity contribution is -0.126. The van der Waals surface area contributed by atoms with Crippen LogP contribution in [0.4, 0.5) is 5.69 Å². The Labute approximate surface area is 136 Å². The molecule has 3 rings (SSSR count). The minimum atomic E-state index is -0.563. The molecule has 0 aromatic heterocycles. The van der Waals surface area contributed by atoms with Crippen LogP contribution in [0.25, 0.3) is 0 Å². The van der Waals surface area contributed by atoms with Gasteiger partial charge in [0.25, 0.3) is 5.91 Å². The predicted molar refractivity (Wildman–Crippen MR) is 87.3 cm³/mol. The summed E-state index contributed by atoms with van der Waals surface area (Å²) in [6.07, 6.45) is 0. The minimum absolute atomic E-state index is 0.0472. The number of carbonyl (C=O) groups excluding carboxylic acids is 2.